The molecule has 1 heterocycles. The van der Waals surface area contributed by atoms with Crippen LogP contribution in [0.1, 0.15) is 33.6 Å². The van der Waals surface area contributed by atoms with Crippen molar-refractivity contribution in [3.63, 3.8) is 0 Å². The molecule has 1 fully saturated rings. The maximum Gasteiger partial charge on any atom is 0.191 e. The van der Waals surface area contributed by atoms with E-state index in [1.165, 1.54) is 18.5 Å². The van der Waals surface area contributed by atoms with Gasteiger partial charge in [-0.25, -0.2) is 0 Å². The molecule has 1 aromatic rings. The zero-order valence-electron chi connectivity index (χ0n) is 16.0. The molecule has 1 saturated heterocycles. The van der Waals surface area contributed by atoms with Crippen LogP contribution in [0, 0.1) is 0 Å². The van der Waals surface area contributed by atoms with E-state index in [4.69, 9.17) is 0 Å². The molecule has 0 saturated carbocycles. The molecule has 0 radical (unpaired) electrons. The first-order valence-corrected chi connectivity index (χ1v) is 9.00. The maximum atomic E-state index is 4.36. The number of aliphatic imine (C=N–C) groups is 1. The number of rotatable bonds is 5. The van der Waals surface area contributed by atoms with Gasteiger partial charge in [0, 0.05) is 50.5 Å². The van der Waals surface area contributed by atoms with Gasteiger partial charge in [-0.05, 0) is 45.7 Å². The number of anilines is 1. The third-order valence-corrected chi connectivity index (χ3v) is 4.18. The Bertz CT molecular complexity index is 512. The molecule has 142 valence electrons. The van der Waals surface area contributed by atoms with E-state index in [2.05, 4.69) is 76.9 Å². The molecule has 0 spiro atoms. The summed E-state index contributed by atoms with van der Waals surface area (Å²) >= 11 is 0. The van der Waals surface area contributed by atoms with Crippen molar-refractivity contribution >= 4 is 35.6 Å². The molecule has 25 heavy (non-hydrogen) atoms. The van der Waals surface area contributed by atoms with Crippen LogP contribution in [-0.4, -0.2) is 50.8 Å². The van der Waals surface area contributed by atoms with Crippen LogP contribution in [0.5, 0.6) is 0 Å². The summed E-state index contributed by atoms with van der Waals surface area (Å²) in [6.45, 7) is 10.5. The highest BCUT2D eigenvalue weighted by molar-refractivity contribution is 14.0. The summed E-state index contributed by atoms with van der Waals surface area (Å²) in [6, 6.07) is 11.1. The van der Waals surface area contributed by atoms with Gasteiger partial charge in [-0.15, -0.1) is 24.0 Å². The topological polar surface area (TPSA) is 51.7 Å². The standard InChI is InChI=1S/C19H33N5.HI/c1-19(2,3)22-13-12-21-18(20-4)23-16-9-8-14-24(15-16)17-10-6-5-7-11-17;/h5-7,10-11,16,22H,8-9,12-15H2,1-4H3,(H2,20,21,23);1H. The van der Waals surface area contributed by atoms with Gasteiger partial charge in [0.25, 0.3) is 0 Å². The van der Waals surface area contributed by atoms with Gasteiger partial charge in [0.05, 0.1) is 0 Å². The Labute approximate surface area is 170 Å². The van der Waals surface area contributed by atoms with Gasteiger partial charge >= 0.3 is 0 Å². The van der Waals surface area contributed by atoms with Crippen LogP contribution in [-0.2, 0) is 0 Å². The van der Waals surface area contributed by atoms with E-state index in [1.807, 2.05) is 7.05 Å². The van der Waals surface area contributed by atoms with Gasteiger partial charge < -0.3 is 20.9 Å². The van der Waals surface area contributed by atoms with Crippen LogP contribution in [0.15, 0.2) is 35.3 Å². The first-order chi connectivity index (χ1) is 11.5. The van der Waals surface area contributed by atoms with Crippen molar-refractivity contribution in [2.75, 3.05) is 38.1 Å². The average molecular weight is 459 g/mol. The van der Waals surface area contributed by atoms with Gasteiger partial charge in [0.1, 0.15) is 0 Å². The molecule has 1 aromatic carbocycles. The number of nitrogens with zero attached hydrogens (tertiary/aromatic N) is 2. The fraction of sp³-hybridized carbons (Fsp3) is 0.632. The summed E-state index contributed by atoms with van der Waals surface area (Å²) < 4.78 is 0. The molecule has 0 bridgehead atoms. The Morgan fingerprint density at radius 1 is 1.20 bits per heavy atom. The number of nitrogens with one attached hydrogen (secondary N) is 3. The molecular formula is C19H34IN5. The number of guanidine groups is 1. The molecule has 1 atom stereocenters. The van der Waals surface area contributed by atoms with Gasteiger partial charge in [-0.1, -0.05) is 18.2 Å². The van der Waals surface area contributed by atoms with E-state index >= 15 is 0 Å². The predicted octanol–water partition coefficient (Wildman–Crippen LogP) is 2.83. The monoisotopic (exact) mass is 459 g/mol. The average Bonchev–Trinajstić information content (AvgIpc) is 2.58. The molecule has 1 aliphatic heterocycles. The zero-order valence-corrected chi connectivity index (χ0v) is 18.3. The summed E-state index contributed by atoms with van der Waals surface area (Å²) in [5, 5.41) is 10.5. The quantitative estimate of drug-likeness (QED) is 0.275. The molecule has 3 N–H and O–H groups in total. The van der Waals surface area contributed by atoms with E-state index < -0.39 is 0 Å². The minimum Gasteiger partial charge on any atom is -0.369 e. The van der Waals surface area contributed by atoms with Crippen LogP contribution in [0.4, 0.5) is 5.69 Å². The largest absolute Gasteiger partial charge is 0.369 e. The molecule has 6 heteroatoms. The summed E-state index contributed by atoms with van der Waals surface area (Å²) in [7, 11) is 1.84. The lowest BCUT2D eigenvalue weighted by Gasteiger charge is -2.35. The lowest BCUT2D eigenvalue weighted by molar-refractivity contribution is 0.426. The molecule has 5 nitrogen and oxygen atoms in total. The Morgan fingerprint density at radius 2 is 1.92 bits per heavy atom. The number of hydrogen-bond donors (Lipinski definition) is 3. The second-order valence-corrected chi connectivity index (χ2v) is 7.44. The van der Waals surface area contributed by atoms with Crippen molar-refractivity contribution < 1.29 is 0 Å². The van der Waals surface area contributed by atoms with E-state index in [1.54, 1.807) is 0 Å². The fourth-order valence-corrected chi connectivity index (χ4v) is 2.97. The highest BCUT2D eigenvalue weighted by Gasteiger charge is 2.20. The van der Waals surface area contributed by atoms with Crippen molar-refractivity contribution in [2.24, 2.45) is 4.99 Å². The Hall–Kier alpha value is -1.02. The summed E-state index contributed by atoms with van der Waals surface area (Å²) in [5.41, 5.74) is 1.46. The van der Waals surface area contributed by atoms with E-state index in [9.17, 15) is 0 Å². The van der Waals surface area contributed by atoms with Crippen molar-refractivity contribution in [3.8, 4) is 0 Å². The third kappa shape index (κ3) is 8.27. The molecule has 0 aliphatic carbocycles. The summed E-state index contributed by atoms with van der Waals surface area (Å²) in [6.07, 6.45) is 2.39. The minimum atomic E-state index is 0. The van der Waals surface area contributed by atoms with Gasteiger partial charge in [-0.2, -0.15) is 0 Å². The molecule has 0 amide bonds. The number of benzene rings is 1. The van der Waals surface area contributed by atoms with Crippen LogP contribution in [0.2, 0.25) is 0 Å². The normalized spacial score (nSPS) is 18.5. The van der Waals surface area contributed by atoms with Crippen molar-refractivity contribution in [1.29, 1.82) is 0 Å². The number of hydrogen-bond acceptors (Lipinski definition) is 3. The van der Waals surface area contributed by atoms with Crippen molar-refractivity contribution in [1.82, 2.24) is 16.0 Å². The second-order valence-electron chi connectivity index (χ2n) is 7.44. The zero-order chi connectivity index (χ0) is 17.4. The minimum absolute atomic E-state index is 0. The fourth-order valence-electron chi connectivity index (χ4n) is 2.97. The van der Waals surface area contributed by atoms with Crippen LogP contribution < -0.4 is 20.9 Å². The summed E-state index contributed by atoms with van der Waals surface area (Å²) in [4.78, 5) is 6.82. The Morgan fingerprint density at radius 3 is 2.56 bits per heavy atom. The maximum absolute atomic E-state index is 4.36. The van der Waals surface area contributed by atoms with E-state index in [-0.39, 0.29) is 29.5 Å². The Kier molecular flexibility index (Phi) is 9.56. The van der Waals surface area contributed by atoms with E-state index in [0.29, 0.717) is 6.04 Å². The van der Waals surface area contributed by atoms with Crippen LogP contribution >= 0.6 is 24.0 Å². The van der Waals surface area contributed by atoms with Crippen LogP contribution in [0.25, 0.3) is 0 Å². The predicted molar refractivity (Wildman–Crippen MR) is 119 cm³/mol. The summed E-state index contributed by atoms with van der Waals surface area (Å²) in [5.74, 6) is 0.894. The lowest BCUT2D eigenvalue weighted by atomic mass is 10.1. The molecule has 1 unspecified atom stereocenters. The second kappa shape index (κ2) is 10.9. The first kappa shape index (κ1) is 22.0. The lowest BCUT2D eigenvalue weighted by Crippen LogP contribution is -2.52. The smallest absolute Gasteiger partial charge is 0.191 e. The highest BCUT2D eigenvalue weighted by Crippen LogP contribution is 2.19. The van der Waals surface area contributed by atoms with Crippen LogP contribution in [0.3, 0.4) is 0 Å². The molecule has 1 aliphatic rings. The number of halogens is 1. The SMILES string of the molecule is CN=C(NCCNC(C)(C)C)NC1CCCN(c2ccccc2)C1.I. The van der Waals surface area contributed by atoms with Gasteiger partial charge in [0.2, 0.25) is 0 Å². The molecule has 2 rings (SSSR count). The molecule has 0 aromatic heterocycles. The third-order valence-electron chi connectivity index (χ3n) is 4.18. The van der Waals surface area contributed by atoms with Gasteiger partial charge in [-0.3, -0.25) is 4.99 Å². The van der Waals surface area contributed by atoms with Gasteiger partial charge in [0.15, 0.2) is 5.96 Å². The van der Waals surface area contributed by atoms with Crippen molar-refractivity contribution in [2.45, 2.75) is 45.2 Å². The number of piperidine rings is 1. The number of para-hydroxylation sites is 1. The molecular weight excluding hydrogens is 425 g/mol. The Balaban J connectivity index is 0.00000312. The first-order valence-electron chi connectivity index (χ1n) is 9.00. The van der Waals surface area contributed by atoms with Crippen molar-refractivity contribution in [3.05, 3.63) is 30.3 Å². The van der Waals surface area contributed by atoms with E-state index in [0.717, 1.165) is 32.1 Å². The highest BCUT2D eigenvalue weighted by atomic mass is 127.